The van der Waals surface area contributed by atoms with Gasteiger partial charge in [0.05, 0.1) is 13.0 Å². The third-order valence-electron chi connectivity index (χ3n) is 3.00. The van der Waals surface area contributed by atoms with Crippen LogP contribution in [0, 0.1) is 5.92 Å². The SMILES string of the molecule is CNC(=O)C1CCCN(CC(Br)C(=O)OC)C1. The van der Waals surface area contributed by atoms with Gasteiger partial charge in [0.1, 0.15) is 4.83 Å². The van der Waals surface area contributed by atoms with Crippen molar-refractivity contribution < 1.29 is 14.3 Å². The van der Waals surface area contributed by atoms with E-state index in [1.165, 1.54) is 7.11 Å². The summed E-state index contributed by atoms with van der Waals surface area (Å²) in [5.41, 5.74) is 0. The maximum Gasteiger partial charge on any atom is 0.320 e. The number of amides is 1. The zero-order valence-electron chi connectivity index (χ0n) is 10.2. The molecule has 1 amide bonds. The number of nitrogens with zero attached hydrogens (tertiary/aromatic N) is 1. The zero-order chi connectivity index (χ0) is 12.8. The predicted molar refractivity (Wildman–Crippen MR) is 68.0 cm³/mol. The Hall–Kier alpha value is -0.620. The number of likely N-dealkylation sites (tertiary alicyclic amines) is 1. The van der Waals surface area contributed by atoms with Crippen LogP contribution in [0.3, 0.4) is 0 Å². The van der Waals surface area contributed by atoms with Gasteiger partial charge < -0.3 is 15.0 Å². The van der Waals surface area contributed by atoms with Crippen molar-refractivity contribution in [3.63, 3.8) is 0 Å². The molecular formula is C11H19BrN2O3. The summed E-state index contributed by atoms with van der Waals surface area (Å²) < 4.78 is 4.66. The molecule has 1 aliphatic rings. The Morgan fingerprint density at radius 3 is 2.88 bits per heavy atom. The van der Waals surface area contributed by atoms with Gasteiger partial charge in [-0.3, -0.25) is 9.59 Å². The Morgan fingerprint density at radius 2 is 2.29 bits per heavy atom. The largest absolute Gasteiger partial charge is 0.468 e. The van der Waals surface area contributed by atoms with Crippen molar-refractivity contribution in [2.75, 3.05) is 33.8 Å². The van der Waals surface area contributed by atoms with E-state index in [9.17, 15) is 9.59 Å². The van der Waals surface area contributed by atoms with E-state index < -0.39 is 0 Å². The number of carbonyl (C=O) groups excluding carboxylic acids is 2. The Balaban J connectivity index is 2.44. The smallest absolute Gasteiger partial charge is 0.320 e. The second-order valence-electron chi connectivity index (χ2n) is 4.20. The summed E-state index contributed by atoms with van der Waals surface area (Å²) in [6, 6.07) is 0. The number of methoxy groups -OCH3 is 1. The average Bonchev–Trinajstić information content (AvgIpc) is 2.37. The summed E-state index contributed by atoms with van der Waals surface area (Å²) in [6.07, 6.45) is 1.90. The fraction of sp³-hybridized carbons (Fsp3) is 0.818. The molecule has 1 aliphatic heterocycles. The van der Waals surface area contributed by atoms with Crippen LogP contribution in [0.15, 0.2) is 0 Å². The van der Waals surface area contributed by atoms with Crippen LogP contribution in [0.5, 0.6) is 0 Å². The van der Waals surface area contributed by atoms with E-state index in [-0.39, 0.29) is 22.6 Å². The normalized spacial score (nSPS) is 22.9. The Morgan fingerprint density at radius 1 is 1.59 bits per heavy atom. The lowest BCUT2D eigenvalue weighted by molar-refractivity contribution is -0.140. The molecule has 1 heterocycles. The van der Waals surface area contributed by atoms with Crippen LogP contribution < -0.4 is 5.32 Å². The Bertz CT molecular complexity index is 284. The van der Waals surface area contributed by atoms with Gasteiger partial charge >= 0.3 is 5.97 Å². The van der Waals surface area contributed by atoms with Gasteiger partial charge in [-0.2, -0.15) is 0 Å². The molecule has 98 valence electrons. The first-order valence-electron chi connectivity index (χ1n) is 5.74. The van der Waals surface area contributed by atoms with Crippen LogP contribution >= 0.6 is 15.9 Å². The fourth-order valence-electron chi connectivity index (χ4n) is 2.07. The molecule has 5 nitrogen and oxygen atoms in total. The maximum atomic E-state index is 11.5. The number of ether oxygens (including phenoxy) is 1. The van der Waals surface area contributed by atoms with Crippen molar-refractivity contribution in [1.82, 2.24) is 10.2 Å². The van der Waals surface area contributed by atoms with E-state index in [1.807, 2.05) is 0 Å². The van der Waals surface area contributed by atoms with E-state index >= 15 is 0 Å². The molecule has 17 heavy (non-hydrogen) atoms. The molecule has 0 aromatic heterocycles. The first-order chi connectivity index (χ1) is 8.08. The fourth-order valence-corrected chi connectivity index (χ4v) is 2.67. The third kappa shape index (κ3) is 4.27. The number of nitrogens with one attached hydrogen (secondary N) is 1. The number of alkyl halides is 1. The molecule has 0 spiro atoms. The molecule has 0 radical (unpaired) electrons. The molecule has 1 rings (SSSR count). The third-order valence-corrected chi connectivity index (χ3v) is 3.66. The van der Waals surface area contributed by atoms with Crippen molar-refractivity contribution in [3.05, 3.63) is 0 Å². The number of hydrogen-bond acceptors (Lipinski definition) is 4. The van der Waals surface area contributed by atoms with Crippen LogP contribution in [-0.2, 0) is 14.3 Å². The molecule has 0 bridgehead atoms. The second-order valence-corrected chi connectivity index (χ2v) is 5.31. The number of carbonyl (C=O) groups is 2. The predicted octanol–water partition coefficient (Wildman–Crippen LogP) is 0.381. The highest BCUT2D eigenvalue weighted by molar-refractivity contribution is 9.10. The number of hydrogen-bond donors (Lipinski definition) is 1. The van der Waals surface area contributed by atoms with Crippen molar-refractivity contribution in [2.45, 2.75) is 17.7 Å². The quantitative estimate of drug-likeness (QED) is 0.603. The molecule has 1 N–H and O–H groups in total. The highest BCUT2D eigenvalue weighted by Crippen LogP contribution is 2.18. The van der Waals surface area contributed by atoms with Gasteiger partial charge in [-0.05, 0) is 19.4 Å². The minimum absolute atomic E-state index is 0.0334. The van der Waals surface area contributed by atoms with E-state index in [4.69, 9.17) is 0 Å². The molecule has 6 heteroatoms. The maximum absolute atomic E-state index is 11.5. The van der Waals surface area contributed by atoms with E-state index in [1.54, 1.807) is 7.05 Å². The molecule has 1 saturated heterocycles. The van der Waals surface area contributed by atoms with Gasteiger partial charge in [-0.25, -0.2) is 0 Å². The monoisotopic (exact) mass is 306 g/mol. The minimum Gasteiger partial charge on any atom is -0.468 e. The average molecular weight is 307 g/mol. The summed E-state index contributed by atoms with van der Waals surface area (Å²) in [6.45, 7) is 2.21. The van der Waals surface area contributed by atoms with Gasteiger partial charge in [-0.15, -0.1) is 0 Å². The first kappa shape index (κ1) is 14.4. The summed E-state index contributed by atoms with van der Waals surface area (Å²) in [7, 11) is 3.03. The number of halogens is 1. The highest BCUT2D eigenvalue weighted by Gasteiger charge is 2.27. The number of esters is 1. The molecule has 0 aromatic carbocycles. The Kier molecular flexibility index (Phi) is 5.91. The van der Waals surface area contributed by atoms with E-state index in [0.29, 0.717) is 13.1 Å². The number of rotatable bonds is 4. The van der Waals surface area contributed by atoms with Gasteiger partial charge in [0, 0.05) is 20.1 Å². The highest BCUT2D eigenvalue weighted by atomic mass is 79.9. The second kappa shape index (κ2) is 6.96. The molecule has 0 saturated carbocycles. The van der Waals surface area contributed by atoms with Crippen LogP contribution in [0.25, 0.3) is 0 Å². The van der Waals surface area contributed by atoms with E-state index in [0.717, 1.165) is 19.4 Å². The first-order valence-corrected chi connectivity index (χ1v) is 6.66. The Labute approximate surface area is 110 Å². The molecule has 0 aliphatic carbocycles. The lowest BCUT2D eigenvalue weighted by Gasteiger charge is -2.32. The van der Waals surface area contributed by atoms with Crippen molar-refractivity contribution in [2.24, 2.45) is 5.92 Å². The van der Waals surface area contributed by atoms with E-state index in [2.05, 4.69) is 30.9 Å². The zero-order valence-corrected chi connectivity index (χ0v) is 11.8. The summed E-state index contributed by atoms with van der Waals surface area (Å²) >= 11 is 3.30. The lowest BCUT2D eigenvalue weighted by Crippen LogP contribution is -2.45. The molecule has 2 unspecified atom stereocenters. The summed E-state index contributed by atoms with van der Waals surface area (Å²) in [4.78, 5) is 24.6. The summed E-state index contributed by atoms with van der Waals surface area (Å²) in [5, 5.41) is 2.67. The van der Waals surface area contributed by atoms with Gasteiger partial charge in [0.2, 0.25) is 5.91 Å². The molecule has 2 atom stereocenters. The molecule has 1 fully saturated rings. The van der Waals surface area contributed by atoms with Crippen LogP contribution in [-0.4, -0.2) is 55.4 Å². The van der Waals surface area contributed by atoms with Crippen LogP contribution in [0.1, 0.15) is 12.8 Å². The molecular weight excluding hydrogens is 288 g/mol. The van der Waals surface area contributed by atoms with Crippen molar-refractivity contribution >= 4 is 27.8 Å². The topological polar surface area (TPSA) is 58.6 Å². The van der Waals surface area contributed by atoms with Crippen LogP contribution in [0.4, 0.5) is 0 Å². The number of piperidine rings is 1. The molecule has 0 aromatic rings. The van der Waals surface area contributed by atoms with Crippen molar-refractivity contribution in [3.8, 4) is 0 Å². The lowest BCUT2D eigenvalue weighted by atomic mass is 9.97. The van der Waals surface area contributed by atoms with Crippen molar-refractivity contribution in [1.29, 1.82) is 0 Å². The minimum atomic E-state index is -0.323. The van der Waals surface area contributed by atoms with Gasteiger partial charge in [-0.1, -0.05) is 15.9 Å². The van der Waals surface area contributed by atoms with Gasteiger partial charge in [0.25, 0.3) is 0 Å². The standard InChI is InChI=1S/C11H19BrN2O3/c1-13-10(15)8-4-3-5-14(6-8)7-9(12)11(16)17-2/h8-9H,3-7H2,1-2H3,(H,13,15). The van der Waals surface area contributed by atoms with Gasteiger partial charge in [0.15, 0.2) is 0 Å². The summed E-state index contributed by atoms with van der Waals surface area (Å²) in [5.74, 6) is -0.156. The van der Waals surface area contributed by atoms with Crippen LogP contribution in [0.2, 0.25) is 0 Å².